The van der Waals surface area contributed by atoms with Crippen LogP contribution in [-0.2, 0) is 32.2 Å². The highest BCUT2D eigenvalue weighted by Crippen LogP contribution is 2.52. The molecule has 0 aromatic heterocycles. The van der Waals surface area contributed by atoms with Gasteiger partial charge in [0.25, 0.3) is 5.91 Å². The van der Waals surface area contributed by atoms with Crippen molar-refractivity contribution in [2.45, 2.75) is 31.0 Å². The Bertz CT molecular complexity index is 1200. The Balaban J connectivity index is 1.91. The molecule has 3 aliphatic carbocycles. The zero-order valence-corrected chi connectivity index (χ0v) is 19.9. The number of nitrogens with zero attached hydrogens (tertiary/aromatic N) is 2. The maximum Gasteiger partial charge on any atom is 0.255 e. The highest BCUT2D eigenvalue weighted by molar-refractivity contribution is 6.24. The molecule has 3 aliphatic rings. The van der Waals surface area contributed by atoms with Crippen molar-refractivity contribution in [3.63, 3.8) is 0 Å². The Hall–Kier alpha value is -3.25. The number of phenols is 1. The third-order valence-corrected chi connectivity index (χ3v) is 7.38. The van der Waals surface area contributed by atoms with Gasteiger partial charge < -0.3 is 31.0 Å². The van der Waals surface area contributed by atoms with Crippen molar-refractivity contribution in [1.82, 2.24) is 9.96 Å². The summed E-state index contributed by atoms with van der Waals surface area (Å²) in [6.45, 7) is 0.194. The summed E-state index contributed by atoms with van der Waals surface area (Å²) in [6.07, 6.45) is 0.309. The Labute approximate surface area is 201 Å². The monoisotopic (exact) mass is 487 g/mol. The van der Waals surface area contributed by atoms with E-state index in [1.807, 2.05) is 0 Å². The molecule has 1 aromatic carbocycles. The molecule has 35 heavy (non-hydrogen) atoms. The van der Waals surface area contributed by atoms with Gasteiger partial charge in [0, 0.05) is 24.1 Å². The smallest absolute Gasteiger partial charge is 0.255 e. The Morgan fingerprint density at radius 2 is 1.86 bits per heavy atom. The van der Waals surface area contributed by atoms with Crippen LogP contribution in [0.2, 0.25) is 0 Å². The standard InChI is InChI=1S/C24H29N3O8/c1-26(2)17-13-8-12-7-10-5-6-11(9-27(3)35-4)18(28)14(10)19(29)15(12)21(31)24(13,34)22(32)16(20(17)30)23(25)33/h5-6,12-13,17,28-29,32,34H,7-9H2,1-4H3,(H2,25,33)/t12-,13-,17-,24-/m0/s1. The fraction of sp³-hybridized carbons (Fsp3) is 0.458. The molecule has 4 atom stereocenters. The molecule has 4 rings (SSSR count). The number of hydrogen-bond donors (Lipinski definition) is 5. The van der Waals surface area contributed by atoms with Crippen molar-refractivity contribution in [3.8, 4) is 5.75 Å². The van der Waals surface area contributed by atoms with E-state index in [2.05, 4.69) is 0 Å². The maximum absolute atomic E-state index is 13.8. The van der Waals surface area contributed by atoms with Crippen molar-refractivity contribution in [2.75, 3.05) is 28.3 Å². The molecule has 0 bridgehead atoms. The number of aliphatic hydroxyl groups excluding tert-OH is 2. The third-order valence-electron chi connectivity index (χ3n) is 7.38. The summed E-state index contributed by atoms with van der Waals surface area (Å²) >= 11 is 0. The number of rotatable bonds is 5. The number of ketones is 2. The second-order valence-electron chi connectivity index (χ2n) is 9.54. The topological polar surface area (TPSA) is 174 Å². The number of nitrogens with two attached hydrogens (primary N) is 1. The first-order valence-corrected chi connectivity index (χ1v) is 11.1. The molecule has 0 unspecified atom stereocenters. The molecule has 188 valence electrons. The van der Waals surface area contributed by atoms with Crippen LogP contribution in [0.25, 0.3) is 5.76 Å². The lowest BCUT2D eigenvalue weighted by molar-refractivity contribution is -0.153. The summed E-state index contributed by atoms with van der Waals surface area (Å²) in [7, 11) is 6.24. The summed E-state index contributed by atoms with van der Waals surface area (Å²) in [5, 5.41) is 46.0. The van der Waals surface area contributed by atoms with Gasteiger partial charge in [0.05, 0.1) is 25.3 Å². The number of aliphatic hydroxyl groups is 3. The molecule has 0 heterocycles. The van der Waals surface area contributed by atoms with Gasteiger partial charge in [0.15, 0.2) is 11.4 Å². The first-order chi connectivity index (χ1) is 16.4. The average Bonchev–Trinajstić information content (AvgIpc) is 2.77. The summed E-state index contributed by atoms with van der Waals surface area (Å²) < 4.78 is 0. The van der Waals surface area contributed by atoms with Crippen LogP contribution in [0, 0.1) is 11.8 Å². The maximum atomic E-state index is 13.8. The normalized spacial score (nSPS) is 28.4. The molecule has 0 saturated heterocycles. The molecule has 1 fully saturated rings. The number of benzene rings is 1. The van der Waals surface area contributed by atoms with Crippen LogP contribution in [0.5, 0.6) is 5.75 Å². The van der Waals surface area contributed by atoms with Crippen LogP contribution in [0.1, 0.15) is 23.1 Å². The van der Waals surface area contributed by atoms with E-state index in [0.717, 1.165) is 0 Å². The molecule has 0 aliphatic heterocycles. The highest BCUT2D eigenvalue weighted by Gasteiger charge is 2.64. The molecular formula is C24H29N3O8. The summed E-state index contributed by atoms with van der Waals surface area (Å²) in [5.41, 5.74) is 2.76. The molecule has 11 heteroatoms. The van der Waals surface area contributed by atoms with Crippen molar-refractivity contribution in [1.29, 1.82) is 0 Å². The molecule has 0 spiro atoms. The number of primary amides is 1. The molecule has 1 amide bonds. The number of fused-ring (bicyclic) bond motifs is 3. The summed E-state index contributed by atoms with van der Waals surface area (Å²) in [6, 6.07) is 2.33. The zero-order chi connectivity index (χ0) is 26.0. The minimum atomic E-state index is -2.64. The van der Waals surface area contributed by atoms with Crippen LogP contribution < -0.4 is 5.73 Å². The van der Waals surface area contributed by atoms with Gasteiger partial charge in [-0.25, -0.2) is 0 Å². The van der Waals surface area contributed by atoms with Crippen molar-refractivity contribution >= 4 is 23.2 Å². The van der Waals surface area contributed by atoms with Crippen molar-refractivity contribution in [3.05, 3.63) is 45.7 Å². The minimum absolute atomic E-state index is 0.0562. The van der Waals surface area contributed by atoms with E-state index in [9.17, 15) is 34.8 Å². The second kappa shape index (κ2) is 8.45. The number of amides is 1. The molecule has 11 nitrogen and oxygen atoms in total. The van der Waals surface area contributed by atoms with Gasteiger partial charge in [-0.1, -0.05) is 12.1 Å². The molecule has 1 aromatic rings. The SMILES string of the molecule is CON(C)Cc1ccc2c(c1O)C(O)=C1C(=O)[C@]3(O)C(O)=C(C(N)=O)C(=O)[C@@H](N(C)C)[C@@H]3C[C@@H]1C2. The Kier molecular flexibility index (Phi) is 6.00. The van der Waals surface area contributed by atoms with Crippen LogP contribution in [0.4, 0.5) is 0 Å². The van der Waals surface area contributed by atoms with Crippen molar-refractivity contribution in [2.24, 2.45) is 17.6 Å². The second-order valence-corrected chi connectivity index (χ2v) is 9.54. The predicted molar refractivity (Wildman–Crippen MR) is 123 cm³/mol. The largest absolute Gasteiger partial charge is 0.508 e. The Morgan fingerprint density at radius 1 is 1.20 bits per heavy atom. The zero-order valence-electron chi connectivity index (χ0n) is 19.9. The van der Waals surface area contributed by atoms with E-state index < -0.39 is 58.0 Å². The van der Waals surface area contributed by atoms with Gasteiger partial charge in [-0.05, 0) is 38.4 Å². The number of Topliss-reactive ketones (excluding diaryl/α,β-unsaturated/α-hetero) is 2. The van der Waals surface area contributed by atoms with Gasteiger partial charge in [-0.3, -0.25) is 19.3 Å². The quantitative estimate of drug-likeness (QED) is 0.280. The lowest BCUT2D eigenvalue weighted by Gasteiger charge is -2.50. The first-order valence-electron chi connectivity index (χ1n) is 11.1. The van der Waals surface area contributed by atoms with Gasteiger partial charge in [0.2, 0.25) is 5.78 Å². The van der Waals surface area contributed by atoms with Crippen LogP contribution in [0.3, 0.4) is 0 Å². The van der Waals surface area contributed by atoms with E-state index in [1.165, 1.54) is 17.1 Å². The van der Waals surface area contributed by atoms with E-state index in [0.29, 0.717) is 11.1 Å². The molecule has 1 saturated carbocycles. The van der Waals surface area contributed by atoms with Crippen LogP contribution >= 0.6 is 0 Å². The lowest BCUT2D eigenvalue weighted by atomic mass is 9.57. The number of carbonyl (C=O) groups is 3. The van der Waals surface area contributed by atoms with E-state index in [4.69, 9.17) is 10.6 Å². The number of phenolic OH excluding ortho intramolecular Hbond substituents is 1. The van der Waals surface area contributed by atoms with Crippen molar-refractivity contribution < 1.29 is 39.6 Å². The van der Waals surface area contributed by atoms with Crippen LogP contribution in [0.15, 0.2) is 29.0 Å². The van der Waals surface area contributed by atoms with E-state index >= 15 is 0 Å². The van der Waals surface area contributed by atoms with Gasteiger partial charge >= 0.3 is 0 Å². The highest BCUT2D eigenvalue weighted by atomic mass is 16.7. The first kappa shape index (κ1) is 24.9. The minimum Gasteiger partial charge on any atom is -0.508 e. The molecule has 0 radical (unpaired) electrons. The third kappa shape index (κ3) is 3.46. The number of aromatic hydroxyl groups is 1. The fourth-order valence-corrected chi connectivity index (χ4v) is 5.69. The van der Waals surface area contributed by atoms with Gasteiger partial charge in [0.1, 0.15) is 22.8 Å². The predicted octanol–water partition coefficient (Wildman–Crippen LogP) is -0.0428. The summed E-state index contributed by atoms with van der Waals surface area (Å²) in [5.74, 6) is -6.61. The lowest BCUT2D eigenvalue weighted by Crippen LogP contribution is -2.65. The molecular weight excluding hydrogens is 458 g/mol. The van der Waals surface area contributed by atoms with Gasteiger partial charge in [-0.15, -0.1) is 0 Å². The van der Waals surface area contributed by atoms with E-state index in [1.54, 1.807) is 33.3 Å². The van der Waals surface area contributed by atoms with Crippen LogP contribution in [-0.4, -0.2) is 87.8 Å². The van der Waals surface area contributed by atoms with E-state index in [-0.39, 0.29) is 36.3 Å². The summed E-state index contributed by atoms with van der Waals surface area (Å²) in [4.78, 5) is 45.4. The van der Waals surface area contributed by atoms with Gasteiger partial charge in [-0.2, -0.15) is 5.06 Å². The number of carbonyl (C=O) groups excluding carboxylic acids is 3. The molecule has 6 N–H and O–H groups in total. The Morgan fingerprint density at radius 3 is 2.43 bits per heavy atom. The number of hydroxylamine groups is 2. The number of likely N-dealkylation sites (N-methyl/N-ethyl adjacent to an activating group) is 1. The fourth-order valence-electron chi connectivity index (χ4n) is 5.69. The number of hydrogen-bond acceptors (Lipinski definition) is 10. The average molecular weight is 488 g/mol.